The molecule has 0 radical (unpaired) electrons. The minimum atomic E-state index is 0.128. The Labute approximate surface area is 128 Å². The quantitative estimate of drug-likeness (QED) is 0.896. The fraction of sp³-hybridized carbons (Fsp3) is 0.611. The first kappa shape index (κ1) is 14.4. The monoisotopic (exact) mass is 285 g/mol. The average molecular weight is 285 g/mol. The second kappa shape index (κ2) is 5.70. The number of anilines is 1. The van der Waals surface area contributed by atoms with Crippen molar-refractivity contribution < 1.29 is 0 Å². The molecule has 0 aromatic heterocycles. The lowest BCUT2D eigenvalue weighted by atomic mass is 9.88. The highest BCUT2D eigenvalue weighted by atomic mass is 15.4. The van der Waals surface area contributed by atoms with Crippen LogP contribution < -0.4 is 10.6 Å². The van der Waals surface area contributed by atoms with Gasteiger partial charge in [0.15, 0.2) is 5.96 Å². The molecular weight excluding hydrogens is 258 g/mol. The first-order valence-electron chi connectivity index (χ1n) is 8.31. The maximum atomic E-state index is 6.25. The summed E-state index contributed by atoms with van der Waals surface area (Å²) in [6.07, 6.45) is 7.69. The van der Waals surface area contributed by atoms with Gasteiger partial charge in [0, 0.05) is 5.69 Å². The van der Waals surface area contributed by atoms with Gasteiger partial charge in [0.2, 0.25) is 0 Å². The van der Waals surface area contributed by atoms with Crippen LogP contribution in [-0.2, 0) is 0 Å². The van der Waals surface area contributed by atoms with Crippen molar-refractivity contribution in [1.29, 1.82) is 0 Å². The van der Waals surface area contributed by atoms with Gasteiger partial charge in [0.1, 0.15) is 0 Å². The van der Waals surface area contributed by atoms with E-state index in [1.165, 1.54) is 49.8 Å². The molecule has 114 valence electrons. The average Bonchev–Trinajstić information content (AvgIpc) is 2.69. The van der Waals surface area contributed by atoms with Gasteiger partial charge in [-0.1, -0.05) is 43.9 Å². The van der Waals surface area contributed by atoms with Crippen molar-refractivity contribution in [2.45, 2.75) is 57.9 Å². The number of benzene rings is 1. The van der Waals surface area contributed by atoms with Crippen molar-refractivity contribution in [3.05, 3.63) is 29.8 Å². The molecule has 1 aromatic rings. The maximum absolute atomic E-state index is 6.25. The first-order valence-corrected chi connectivity index (χ1v) is 8.31. The Kier molecular flexibility index (Phi) is 3.92. The molecular formula is C18H27N3. The molecule has 1 spiro atoms. The van der Waals surface area contributed by atoms with Crippen LogP contribution in [0.4, 0.5) is 5.69 Å². The minimum absolute atomic E-state index is 0.128. The third kappa shape index (κ3) is 2.66. The van der Waals surface area contributed by atoms with E-state index < -0.39 is 0 Å². The topological polar surface area (TPSA) is 41.6 Å². The minimum Gasteiger partial charge on any atom is -0.369 e. The molecule has 2 aliphatic rings. The molecule has 1 aliphatic carbocycles. The van der Waals surface area contributed by atoms with Crippen LogP contribution >= 0.6 is 0 Å². The fourth-order valence-corrected chi connectivity index (χ4v) is 3.96. The predicted octanol–water partition coefficient (Wildman–Crippen LogP) is 3.86. The Bertz CT molecular complexity index is 520. The molecule has 0 amide bonds. The summed E-state index contributed by atoms with van der Waals surface area (Å²) in [6, 6.07) is 8.71. The Morgan fingerprint density at radius 1 is 1.24 bits per heavy atom. The van der Waals surface area contributed by atoms with Crippen molar-refractivity contribution in [2.75, 3.05) is 11.4 Å². The molecule has 2 N–H and O–H groups in total. The zero-order valence-electron chi connectivity index (χ0n) is 13.3. The number of nitrogens with two attached hydrogens (primary N) is 1. The first-order chi connectivity index (χ1) is 10.1. The molecule has 3 rings (SSSR count). The summed E-state index contributed by atoms with van der Waals surface area (Å²) in [4.78, 5) is 6.93. The van der Waals surface area contributed by atoms with Gasteiger partial charge in [-0.05, 0) is 44.2 Å². The van der Waals surface area contributed by atoms with E-state index >= 15 is 0 Å². The smallest absolute Gasteiger partial charge is 0.196 e. The predicted molar refractivity (Wildman–Crippen MR) is 89.7 cm³/mol. The largest absolute Gasteiger partial charge is 0.369 e. The van der Waals surface area contributed by atoms with E-state index in [9.17, 15) is 0 Å². The molecule has 1 saturated carbocycles. The molecule has 3 heteroatoms. The Morgan fingerprint density at radius 3 is 2.71 bits per heavy atom. The number of rotatable bonds is 2. The van der Waals surface area contributed by atoms with Crippen LogP contribution in [0.5, 0.6) is 0 Å². The van der Waals surface area contributed by atoms with Crippen LogP contribution in [0.15, 0.2) is 29.3 Å². The summed E-state index contributed by atoms with van der Waals surface area (Å²) < 4.78 is 0. The summed E-state index contributed by atoms with van der Waals surface area (Å²) in [6.45, 7) is 5.31. The molecule has 1 aromatic carbocycles. The van der Waals surface area contributed by atoms with Crippen LogP contribution in [0.1, 0.15) is 51.0 Å². The van der Waals surface area contributed by atoms with Gasteiger partial charge >= 0.3 is 0 Å². The van der Waals surface area contributed by atoms with Crippen molar-refractivity contribution >= 4 is 11.6 Å². The molecule has 2 unspecified atom stereocenters. The summed E-state index contributed by atoms with van der Waals surface area (Å²) in [5.74, 6) is 1.58. The number of aryl methyl sites for hydroxylation is 1. The maximum Gasteiger partial charge on any atom is 0.196 e. The molecule has 1 heterocycles. The number of aliphatic imine (C=N–C) groups is 1. The van der Waals surface area contributed by atoms with Crippen LogP contribution in [-0.4, -0.2) is 18.0 Å². The standard InChI is InChI=1S/C18H27N3/c1-3-15-5-4-11-18(12-10-15)13-20-17(19)21(18)16-8-6-14(2)7-9-16/h6-9,15H,3-5,10-13H2,1-2H3,(H2,19,20). The SMILES string of the molecule is CCC1CCCC2(CC1)CN=C(N)N2c1ccc(C)cc1. The second-order valence-corrected chi connectivity index (χ2v) is 6.77. The Hall–Kier alpha value is -1.51. The highest BCUT2D eigenvalue weighted by Crippen LogP contribution is 2.40. The van der Waals surface area contributed by atoms with E-state index in [1.807, 2.05) is 0 Å². The van der Waals surface area contributed by atoms with Crippen molar-refractivity contribution in [1.82, 2.24) is 0 Å². The summed E-state index contributed by atoms with van der Waals surface area (Å²) >= 11 is 0. The van der Waals surface area contributed by atoms with Crippen molar-refractivity contribution in [3.8, 4) is 0 Å². The number of nitrogens with zero attached hydrogens (tertiary/aromatic N) is 2. The van der Waals surface area contributed by atoms with Gasteiger partial charge in [-0.15, -0.1) is 0 Å². The molecule has 1 fully saturated rings. The number of hydrogen-bond donors (Lipinski definition) is 1. The fourth-order valence-electron chi connectivity index (χ4n) is 3.96. The van der Waals surface area contributed by atoms with Gasteiger partial charge in [0.05, 0.1) is 12.1 Å². The third-order valence-corrected chi connectivity index (χ3v) is 5.38. The van der Waals surface area contributed by atoms with Gasteiger partial charge < -0.3 is 10.6 Å². The Morgan fingerprint density at radius 2 is 2.00 bits per heavy atom. The van der Waals surface area contributed by atoms with E-state index in [-0.39, 0.29) is 5.54 Å². The molecule has 21 heavy (non-hydrogen) atoms. The van der Waals surface area contributed by atoms with Gasteiger partial charge in [-0.3, -0.25) is 4.99 Å². The zero-order valence-corrected chi connectivity index (χ0v) is 13.3. The van der Waals surface area contributed by atoms with Crippen LogP contribution in [0.3, 0.4) is 0 Å². The highest BCUT2D eigenvalue weighted by molar-refractivity contribution is 5.98. The van der Waals surface area contributed by atoms with Crippen LogP contribution in [0, 0.1) is 12.8 Å². The summed E-state index contributed by atoms with van der Waals surface area (Å²) in [5, 5.41) is 0. The molecule has 1 aliphatic heterocycles. The van der Waals surface area contributed by atoms with Gasteiger partial charge in [-0.25, -0.2) is 0 Å². The lowest BCUT2D eigenvalue weighted by molar-refractivity contribution is 0.384. The van der Waals surface area contributed by atoms with Crippen molar-refractivity contribution in [3.63, 3.8) is 0 Å². The van der Waals surface area contributed by atoms with E-state index in [0.29, 0.717) is 5.96 Å². The van der Waals surface area contributed by atoms with Crippen molar-refractivity contribution in [2.24, 2.45) is 16.6 Å². The highest BCUT2D eigenvalue weighted by Gasteiger charge is 2.43. The third-order valence-electron chi connectivity index (χ3n) is 5.38. The molecule has 2 atom stereocenters. The second-order valence-electron chi connectivity index (χ2n) is 6.77. The zero-order chi connectivity index (χ0) is 14.9. The molecule has 0 saturated heterocycles. The number of guanidine groups is 1. The van der Waals surface area contributed by atoms with Crippen LogP contribution in [0.25, 0.3) is 0 Å². The van der Waals surface area contributed by atoms with E-state index in [0.717, 1.165) is 12.5 Å². The lowest BCUT2D eigenvalue weighted by Gasteiger charge is -2.39. The summed E-state index contributed by atoms with van der Waals surface area (Å²) in [7, 11) is 0. The summed E-state index contributed by atoms with van der Waals surface area (Å²) in [5.41, 5.74) is 8.87. The van der Waals surface area contributed by atoms with Gasteiger partial charge in [0.25, 0.3) is 0 Å². The lowest BCUT2D eigenvalue weighted by Crippen LogP contribution is -2.51. The molecule has 3 nitrogen and oxygen atoms in total. The normalized spacial score (nSPS) is 29.5. The number of hydrogen-bond acceptors (Lipinski definition) is 3. The van der Waals surface area contributed by atoms with E-state index in [1.54, 1.807) is 0 Å². The van der Waals surface area contributed by atoms with E-state index in [2.05, 4.69) is 48.0 Å². The van der Waals surface area contributed by atoms with E-state index in [4.69, 9.17) is 5.73 Å². The molecule has 0 bridgehead atoms. The van der Waals surface area contributed by atoms with Crippen LogP contribution in [0.2, 0.25) is 0 Å². The Balaban J connectivity index is 1.89. The van der Waals surface area contributed by atoms with Gasteiger partial charge in [-0.2, -0.15) is 0 Å².